The van der Waals surface area contributed by atoms with E-state index in [1.807, 2.05) is 0 Å². The quantitative estimate of drug-likeness (QED) is 0.877. The average Bonchev–Trinajstić information content (AvgIpc) is 2.76. The highest BCUT2D eigenvalue weighted by Crippen LogP contribution is 2.30. The van der Waals surface area contributed by atoms with Crippen LogP contribution in [0, 0.1) is 5.41 Å². The number of rotatable bonds is 4. The molecule has 1 saturated carbocycles. The van der Waals surface area contributed by atoms with Crippen molar-refractivity contribution in [2.75, 3.05) is 0 Å². The molecule has 0 spiro atoms. The Balaban J connectivity index is 1.89. The van der Waals surface area contributed by atoms with Crippen LogP contribution in [0.4, 0.5) is 0 Å². The van der Waals surface area contributed by atoms with Crippen LogP contribution in [0.2, 0.25) is 0 Å². The van der Waals surface area contributed by atoms with Gasteiger partial charge in [0.25, 0.3) is 0 Å². The van der Waals surface area contributed by atoms with Crippen molar-refractivity contribution in [2.45, 2.75) is 77.7 Å². The molecule has 0 amide bonds. The molecule has 0 bridgehead atoms. The number of nitrogens with zero attached hydrogens (tertiary/aromatic N) is 2. The van der Waals surface area contributed by atoms with Gasteiger partial charge in [0.2, 0.25) is 0 Å². The van der Waals surface area contributed by atoms with E-state index < -0.39 is 0 Å². The normalized spacial score (nSPS) is 19.6. The third-order valence-corrected chi connectivity index (χ3v) is 3.85. The van der Waals surface area contributed by atoms with Crippen LogP contribution >= 0.6 is 0 Å². The molecule has 1 unspecified atom stereocenters. The lowest BCUT2D eigenvalue weighted by Crippen LogP contribution is -2.28. The predicted octanol–water partition coefficient (Wildman–Crippen LogP) is 3.16. The number of hydrogen-bond acceptors (Lipinski definition) is 3. The highest BCUT2D eigenvalue weighted by atomic mass is 15.2. The molecule has 0 radical (unpaired) electrons. The lowest BCUT2D eigenvalue weighted by atomic mass is 9.87. The van der Waals surface area contributed by atoms with Crippen molar-refractivity contribution in [1.29, 1.82) is 0 Å². The molecule has 1 aliphatic rings. The highest BCUT2D eigenvalue weighted by Gasteiger charge is 2.21. The standard InChI is InChI=1S/C15H28N4/c1-15(2,3)10-12(16)9-13-17-14(19-18-13)11-7-5-4-6-8-11/h11-12H,4-10,16H2,1-3H3,(H,17,18,19). The Labute approximate surface area is 116 Å². The Bertz CT molecular complexity index is 385. The number of nitrogens with one attached hydrogen (secondary N) is 1. The van der Waals surface area contributed by atoms with Gasteiger partial charge in [-0.1, -0.05) is 40.0 Å². The van der Waals surface area contributed by atoms with Gasteiger partial charge in [0.05, 0.1) is 0 Å². The second-order valence-corrected chi connectivity index (χ2v) is 7.20. The Morgan fingerprint density at radius 3 is 2.58 bits per heavy atom. The summed E-state index contributed by atoms with van der Waals surface area (Å²) in [6, 6.07) is 0.159. The summed E-state index contributed by atoms with van der Waals surface area (Å²) in [4.78, 5) is 4.66. The molecule has 1 aromatic rings. The maximum atomic E-state index is 6.19. The highest BCUT2D eigenvalue weighted by molar-refractivity contribution is 5.00. The first-order valence-electron chi connectivity index (χ1n) is 7.61. The van der Waals surface area contributed by atoms with E-state index >= 15 is 0 Å². The van der Waals surface area contributed by atoms with Crippen molar-refractivity contribution < 1.29 is 0 Å². The predicted molar refractivity (Wildman–Crippen MR) is 78.0 cm³/mol. The van der Waals surface area contributed by atoms with E-state index in [0.29, 0.717) is 5.92 Å². The van der Waals surface area contributed by atoms with Crippen molar-refractivity contribution in [1.82, 2.24) is 15.2 Å². The van der Waals surface area contributed by atoms with Crippen LogP contribution in [-0.2, 0) is 6.42 Å². The molecule has 19 heavy (non-hydrogen) atoms. The second kappa shape index (κ2) is 6.04. The summed E-state index contributed by atoms with van der Waals surface area (Å²) in [6.07, 6.45) is 8.29. The lowest BCUT2D eigenvalue weighted by Gasteiger charge is -2.22. The summed E-state index contributed by atoms with van der Waals surface area (Å²) in [5.74, 6) is 2.53. The van der Waals surface area contributed by atoms with E-state index in [9.17, 15) is 0 Å². The van der Waals surface area contributed by atoms with Gasteiger partial charge >= 0.3 is 0 Å². The minimum absolute atomic E-state index is 0.159. The monoisotopic (exact) mass is 264 g/mol. The third kappa shape index (κ3) is 4.60. The Kier molecular flexibility index (Phi) is 4.61. The molecule has 4 heteroatoms. The Hall–Kier alpha value is -0.900. The number of nitrogens with two attached hydrogens (primary N) is 1. The van der Waals surface area contributed by atoms with Crippen LogP contribution in [0.5, 0.6) is 0 Å². The van der Waals surface area contributed by atoms with Crippen LogP contribution in [0.15, 0.2) is 0 Å². The molecular formula is C15H28N4. The molecule has 0 saturated heterocycles. The maximum absolute atomic E-state index is 6.19. The molecule has 3 N–H and O–H groups in total. The van der Waals surface area contributed by atoms with Gasteiger partial charge in [-0.05, 0) is 24.7 Å². The van der Waals surface area contributed by atoms with Crippen molar-refractivity contribution in [3.63, 3.8) is 0 Å². The summed E-state index contributed by atoms with van der Waals surface area (Å²) in [5, 5.41) is 7.48. The zero-order chi connectivity index (χ0) is 13.9. The summed E-state index contributed by atoms with van der Waals surface area (Å²) < 4.78 is 0. The zero-order valence-corrected chi connectivity index (χ0v) is 12.6. The number of aromatic nitrogens is 3. The first-order valence-corrected chi connectivity index (χ1v) is 7.61. The molecule has 2 rings (SSSR count). The smallest absolute Gasteiger partial charge is 0.153 e. The van der Waals surface area contributed by atoms with E-state index in [0.717, 1.165) is 24.5 Å². The molecule has 1 aromatic heterocycles. The summed E-state index contributed by atoms with van der Waals surface area (Å²) in [5.41, 5.74) is 6.46. The van der Waals surface area contributed by atoms with Crippen LogP contribution in [-0.4, -0.2) is 21.2 Å². The van der Waals surface area contributed by atoms with E-state index in [-0.39, 0.29) is 11.5 Å². The van der Waals surface area contributed by atoms with Crippen LogP contribution in [0.3, 0.4) is 0 Å². The first-order chi connectivity index (χ1) is 8.94. The molecule has 1 atom stereocenters. The topological polar surface area (TPSA) is 67.6 Å². The third-order valence-electron chi connectivity index (χ3n) is 3.85. The maximum Gasteiger partial charge on any atom is 0.153 e. The van der Waals surface area contributed by atoms with Crippen molar-refractivity contribution >= 4 is 0 Å². The van der Waals surface area contributed by atoms with Gasteiger partial charge in [-0.2, -0.15) is 5.10 Å². The molecule has 1 heterocycles. The largest absolute Gasteiger partial charge is 0.327 e. The molecule has 1 aliphatic carbocycles. The van der Waals surface area contributed by atoms with E-state index in [4.69, 9.17) is 5.73 Å². The molecule has 4 nitrogen and oxygen atoms in total. The van der Waals surface area contributed by atoms with Crippen molar-refractivity contribution in [3.8, 4) is 0 Å². The number of aromatic amines is 1. The van der Waals surface area contributed by atoms with Gasteiger partial charge in [0, 0.05) is 18.4 Å². The molecular weight excluding hydrogens is 236 g/mol. The Morgan fingerprint density at radius 1 is 1.26 bits per heavy atom. The van der Waals surface area contributed by atoms with Gasteiger partial charge in [0.15, 0.2) is 5.82 Å². The van der Waals surface area contributed by atoms with Crippen LogP contribution < -0.4 is 5.73 Å². The van der Waals surface area contributed by atoms with E-state index in [2.05, 4.69) is 36.0 Å². The summed E-state index contributed by atoms with van der Waals surface area (Å²) >= 11 is 0. The minimum atomic E-state index is 0.159. The molecule has 108 valence electrons. The first kappa shape index (κ1) is 14.5. The minimum Gasteiger partial charge on any atom is -0.327 e. The van der Waals surface area contributed by atoms with Gasteiger partial charge < -0.3 is 5.73 Å². The number of H-pyrrole nitrogens is 1. The average molecular weight is 264 g/mol. The van der Waals surface area contributed by atoms with Crippen LogP contribution in [0.1, 0.15) is 76.9 Å². The van der Waals surface area contributed by atoms with E-state index in [1.54, 1.807) is 0 Å². The molecule has 1 fully saturated rings. The van der Waals surface area contributed by atoms with Gasteiger partial charge in [-0.3, -0.25) is 5.10 Å². The van der Waals surface area contributed by atoms with E-state index in [1.165, 1.54) is 32.1 Å². The fourth-order valence-corrected chi connectivity index (χ4v) is 3.05. The van der Waals surface area contributed by atoms with Gasteiger partial charge in [0.1, 0.15) is 5.82 Å². The SMILES string of the molecule is CC(C)(C)CC(N)Cc1nc(C2CCCCC2)n[nH]1. The lowest BCUT2D eigenvalue weighted by molar-refractivity contribution is 0.336. The van der Waals surface area contributed by atoms with Crippen molar-refractivity contribution in [2.24, 2.45) is 11.1 Å². The second-order valence-electron chi connectivity index (χ2n) is 7.20. The van der Waals surface area contributed by atoms with Gasteiger partial charge in [-0.25, -0.2) is 4.98 Å². The summed E-state index contributed by atoms with van der Waals surface area (Å²) in [7, 11) is 0. The summed E-state index contributed by atoms with van der Waals surface area (Å²) in [6.45, 7) is 6.67. The zero-order valence-electron chi connectivity index (χ0n) is 12.6. The molecule has 0 aliphatic heterocycles. The van der Waals surface area contributed by atoms with Crippen LogP contribution in [0.25, 0.3) is 0 Å². The van der Waals surface area contributed by atoms with Gasteiger partial charge in [-0.15, -0.1) is 0 Å². The van der Waals surface area contributed by atoms with Crippen molar-refractivity contribution in [3.05, 3.63) is 11.6 Å². The fourth-order valence-electron chi connectivity index (χ4n) is 3.05. The number of hydrogen-bond donors (Lipinski definition) is 2. The molecule has 0 aromatic carbocycles. The fraction of sp³-hybridized carbons (Fsp3) is 0.867. The Morgan fingerprint density at radius 2 is 1.95 bits per heavy atom.